The van der Waals surface area contributed by atoms with E-state index in [4.69, 9.17) is 14.8 Å². The zero-order chi connectivity index (χ0) is 19.3. The van der Waals surface area contributed by atoms with Crippen LogP contribution in [0.3, 0.4) is 0 Å². The van der Waals surface area contributed by atoms with Crippen LogP contribution < -0.4 is 4.74 Å². The highest BCUT2D eigenvalue weighted by atomic mass is 79.9. The van der Waals surface area contributed by atoms with E-state index in [0.717, 1.165) is 50.1 Å². The molecule has 1 aliphatic rings. The Morgan fingerprint density at radius 3 is 2.75 bits per heavy atom. The number of rotatable bonds is 3. The third kappa shape index (κ3) is 2.82. The fraction of sp³-hybridized carbons (Fsp3) is 0.190. The Morgan fingerprint density at radius 2 is 1.96 bits per heavy atom. The number of aryl methyl sites for hydroxylation is 1. The number of imidazole rings is 1. The van der Waals surface area contributed by atoms with E-state index < -0.39 is 0 Å². The number of benzene rings is 2. The van der Waals surface area contributed by atoms with Crippen molar-refractivity contribution in [1.29, 1.82) is 0 Å². The number of hydrogen-bond donors (Lipinski definition) is 0. The predicted molar refractivity (Wildman–Crippen MR) is 110 cm³/mol. The Balaban J connectivity index is 1.60. The van der Waals surface area contributed by atoms with Crippen molar-refractivity contribution in [2.45, 2.75) is 19.9 Å². The van der Waals surface area contributed by atoms with Crippen LogP contribution in [-0.2, 0) is 13.0 Å². The highest BCUT2D eigenvalue weighted by Crippen LogP contribution is 2.33. The molecule has 3 heterocycles. The minimum Gasteiger partial charge on any atom is -0.497 e. The van der Waals surface area contributed by atoms with Crippen LogP contribution >= 0.6 is 15.9 Å². The molecule has 7 heteroatoms. The van der Waals surface area contributed by atoms with Crippen LogP contribution in [0.4, 0.5) is 0 Å². The molecular weight excluding hydrogens is 418 g/mol. The van der Waals surface area contributed by atoms with E-state index in [9.17, 15) is 0 Å². The second-order valence-electron chi connectivity index (χ2n) is 6.84. The molecule has 0 spiro atoms. The number of methoxy groups -OCH3 is 1. The summed E-state index contributed by atoms with van der Waals surface area (Å²) in [5, 5.41) is 4.81. The monoisotopic (exact) mass is 435 g/mol. The van der Waals surface area contributed by atoms with Gasteiger partial charge in [-0.3, -0.25) is 0 Å². The molecule has 2 aromatic heterocycles. The largest absolute Gasteiger partial charge is 0.497 e. The molecule has 0 radical (unpaired) electrons. The van der Waals surface area contributed by atoms with Crippen LogP contribution in [0.2, 0.25) is 0 Å². The second-order valence-corrected chi connectivity index (χ2v) is 7.76. The molecule has 5 rings (SSSR count). The van der Waals surface area contributed by atoms with Crippen molar-refractivity contribution in [3.8, 4) is 22.8 Å². The maximum absolute atomic E-state index is 5.24. The number of fused-ring (bicyclic) bond motifs is 5. The lowest BCUT2D eigenvalue weighted by Gasteiger charge is -2.08. The zero-order valence-corrected chi connectivity index (χ0v) is 17.1. The summed E-state index contributed by atoms with van der Waals surface area (Å²) in [5.41, 5.74) is 5.40. The highest BCUT2D eigenvalue weighted by Gasteiger charge is 2.24. The summed E-state index contributed by atoms with van der Waals surface area (Å²) < 4.78 is 10.4. The minimum atomic E-state index is 0.642. The van der Waals surface area contributed by atoms with E-state index in [1.165, 1.54) is 0 Å². The van der Waals surface area contributed by atoms with Crippen molar-refractivity contribution < 1.29 is 4.74 Å². The van der Waals surface area contributed by atoms with Gasteiger partial charge < -0.3 is 9.30 Å². The molecule has 0 amide bonds. The fourth-order valence-electron chi connectivity index (χ4n) is 3.60. The van der Waals surface area contributed by atoms with E-state index >= 15 is 0 Å². The first kappa shape index (κ1) is 17.2. The number of halogens is 1. The van der Waals surface area contributed by atoms with Crippen molar-refractivity contribution in [2.75, 3.05) is 7.11 Å². The Kier molecular flexibility index (Phi) is 4.05. The van der Waals surface area contributed by atoms with Gasteiger partial charge in [-0.15, -0.1) is 0 Å². The molecule has 140 valence electrons. The Hall–Kier alpha value is -2.93. The van der Waals surface area contributed by atoms with Gasteiger partial charge in [-0.1, -0.05) is 28.1 Å². The van der Waals surface area contributed by atoms with Crippen molar-refractivity contribution >= 4 is 15.9 Å². The molecule has 4 aromatic rings. The maximum Gasteiger partial charge on any atom is 0.160 e. The lowest BCUT2D eigenvalue weighted by Crippen LogP contribution is -2.06. The van der Waals surface area contributed by atoms with Gasteiger partial charge in [0.15, 0.2) is 11.6 Å². The molecule has 0 unspecified atom stereocenters. The van der Waals surface area contributed by atoms with Gasteiger partial charge >= 0.3 is 0 Å². The summed E-state index contributed by atoms with van der Waals surface area (Å²) >= 11 is 3.59. The Bertz CT molecular complexity index is 1180. The Morgan fingerprint density at radius 1 is 1.14 bits per heavy atom. The molecule has 0 saturated carbocycles. The standard InChI is InChI=1S/C21H18BrN5O/c1-13-19-11-27-21(17-10-15(22)5-8-18(17)26(19)12-23-13)24-20(25-27)9-14-3-6-16(28-2)7-4-14/h3-8,10,12H,9,11H2,1-2H3. The lowest BCUT2D eigenvalue weighted by atomic mass is 10.1. The third-order valence-electron chi connectivity index (χ3n) is 5.07. The number of nitrogens with zero attached hydrogens (tertiary/aromatic N) is 5. The minimum absolute atomic E-state index is 0.642. The molecule has 0 atom stereocenters. The summed E-state index contributed by atoms with van der Waals surface area (Å²) in [6, 6.07) is 14.3. The SMILES string of the molecule is COc1ccc(Cc2nc3n(n2)Cc2c(C)ncn2-c2ccc(Br)cc2-3)cc1. The van der Waals surface area contributed by atoms with Crippen molar-refractivity contribution in [3.63, 3.8) is 0 Å². The van der Waals surface area contributed by atoms with Crippen LogP contribution in [-0.4, -0.2) is 31.4 Å². The highest BCUT2D eigenvalue weighted by molar-refractivity contribution is 9.10. The molecule has 6 nitrogen and oxygen atoms in total. The lowest BCUT2D eigenvalue weighted by molar-refractivity contribution is 0.414. The van der Waals surface area contributed by atoms with Crippen LogP contribution in [0.1, 0.15) is 22.8 Å². The Labute approximate surface area is 171 Å². The van der Waals surface area contributed by atoms with Crippen molar-refractivity contribution in [1.82, 2.24) is 24.3 Å². The van der Waals surface area contributed by atoms with Gasteiger partial charge in [0.05, 0.1) is 37.1 Å². The molecule has 0 fully saturated rings. The van der Waals surface area contributed by atoms with Gasteiger partial charge in [-0.05, 0) is 42.8 Å². The first-order valence-corrected chi connectivity index (χ1v) is 9.81. The van der Waals surface area contributed by atoms with Gasteiger partial charge in [0.25, 0.3) is 0 Å². The number of ether oxygens (including phenoxy) is 1. The molecule has 1 aliphatic heterocycles. The number of hydrogen-bond acceptors (Lipinski definition) is 4. The van der Waals surface area contributed by atoms with E-state index in [1.807, 2.05) is 36.1 Å². The molecular formula is C21H18BrN5O. The third-order valence-corrected chi connectivity index (χ3v) is 5.56. The smallest absolute Gasteiger partial charge is 0.160 e. The molecule has 28 heavy (non-hydrogen) atoms. The van der Waals surface area contributed by atoms with Crippen molar-refractivity contribution in [3.05, 3.63) is 76.0 Å². The average Bonchev–Trinajstić information content (AvgIpc) is 3.23. The van der Waals surface area contributed by atoms with Crippen LogP contribution in [0.5, 0.6) is 5.75 Å². The summed E-state index contributed by atoms with van der Waals surface area (Å²) in [6.45, 7) is 2.67. The number of aromatic nitrogens is 5. The van der Waals surface area contributed by atoms with Crippen LogP contribution in [0.15, 0.2) is 53.3 Å². The summed E-state index contributed by atoms with van der Waals surface area (Å²) in [6.07, 6.45) is 2.55. The maximum atomic E-state index is 5.24. The molecule has 0 aliphatic carbocycles. The van der Waals surface area contributed by atoms with E-state index in [-0.39, 0.29) is 0 Å². The molecule has 0 bridgehead atoms. The van der Waals surface area contributed by atoms with Crippen LogP contribution in [0, 0.1) is 6.92 Å². The van der Waals surface area contributed by atoms with Crippen molar-refractivity contribution in [2.24, 2.45) is 0 Å². The van der Waals surface area contributed by atoms with Gasteiger partial charge in [0.2, 0.25) is 0 Å². The first-order valence-electron chi connectivity index (χ1n) is 9.02. The summed E-state index contributed by atoms with van der Waals surface area (Å²) in [4.78, 5) is 9.39. The van der Waals surface area contributed by atoms with Crippen LogP contribution in [0.25, 0.3) is 17.1 Å². The normalized spacial score (nSPS) is 12.1. The van der Waals surface area contributed by atoms with Gasteiger partial charge in [0.1, 0.15) is 5.75 Å². The molecule has 2 aromatic carbocycles. The van der Waals surface area contributed by atoms with Gasteiger partial charge in [0, 0.05) is 16.5 Å². The van der Waals surface area contributed by atoms with E-state index in [1.54, 1.807) is 7.11 Å². The van der Waals surface area contributed by atoms with E-state index in [0.29, 0.717) is 13.0 Å². The van der Waals surface area contributed by atoms with Gasteiger partial charge in [-0.2, -0.15) is 5.10 Å². The molecule has 0 saturated heterocycles. The second kappa shape index (κ2) is 6.60. The average molecular weight is 436 g/mol. The quantitative estimate of drug-likeness (QED) is 0.426. The molecule has 0 N–H and O–H groups in total. The topological polar surface area (TPSA) is 57.8 Å². The summed E-state index contributed by atoms with van der Waals surface area (Å²) in [7, 11) is 1.67. The fourth-order valence-corrected chi connectivity index (χ4v) is 3.96. The zero-order valence-electron chi connectivity index (χ0n) is 15.6. The first-order chi connectivity index (χ1) is 13.6. The van der Waals surface area contributed by atoms with E-state index in [2.05, 4.69) is 49.7 Å². The summed E-state index contributed by atoms with van der Waals surface area (Å²) in [5.74, 6) is 2.53. The van der Waals surface area contributed by atoms with Gasteiger partial charge in [-0.25, -0.2) is 14.6 Å². The predicted octanol–water partition coefficient (Wildman–Crippen LogP) is 4.16.